The highest BCUT2D eigenvalue weighted by Crippen LogP contribution is 2.23. The van der Waals surface area contributed by atoms with E-state index in [4.69, 9.17) is 0 Å². The minimum Gasteiger partial charge on any atom is -1.00 e. The molecule has 3 aromatic rings. The van der Waals surface area contributed by atoms with Gasteiger partial charge in [-0.25, -0.2) is 4.57 Å². The quantitative estimate of drug-likeness (QED) is 0.497. The van der Waals surface area contributed by atoms with Gasteiger partial charge in [0.05, 0.1) is 12.2 Å². The van der Waals surface area contributed by atoms with Gasteiger partial charge in [-0.2, -0.15) is 0 Å². The minimum atomic E-state index is 0. The number of benzene rings is 2. The van der Waals surface area contributed by atoms with Gasteiger partial charge in [0.2, 0.25) is 0 Å². The van der Waals surface area contributed by atoms with Crippen LogP contribution in [-0.2, 0) is 13.6 Å². The van der Waals surface area contributed by atoms with E-state index in [2.05, 4.69) is 70.9 Å². The lowest BCUT2D eigenvalue weighted by Gasteiger charge is -2.19. The van der Waals surface area contributed by atoms with E-state index in [1.165, 1.54) is 11.3 Å². The van der Waals surface area contributed by atoms with Gasteiger partial charge in [-0.3, -0.25) is 0 Å². The highest BCUT2D eigenvalue weighted by Gasteiger charge is 2.11. The molecule has 3 rings (SSSR count). The zero-order chi connectivity index (χ0) is 16.9. The van der Waals surface area contributed by atoms with Gasteiger partial charge in [0.25, 0.3) is 0 Å². The summed E-state index contributed by atoms with van der Waals surface area (Å²) in [6.45, 7) is 2.94. The number of aromatic nitrogens is 1. The van der Waals surface area contributed by atoms with Crippen LogP contribution in [0.4, 0.5) is 16.5 Å². The third-order valence-corrected chi connectivity index (χ3v) is 4.98. The molecule has 0 bridgehead atoms. The molecule has 0 saturated carbocycles. The van der Waals surface area contributed by atoms with Crippen LogP contribution in [0.25, 0.3) is 0 Å². The smallest absolute Gasteiger partial charge is 0.408 e. The molecular formula is C19H21ClN4S. The van der Waals surface area contributed by atoms with Crippen LogP contribution < -0.4 is 21.9 Å². The summed E-state index contributed by atoms with van der Waals surface area (Å²) < 4.78 is 2.04. The van der Waals surface area contributed by atoms with E-state index in [9.17, 15) is 0 Å². The van der Waals surface area contributed by atoms with Crippen molar-refractivity contribution < 1.29 is 17.0 Å². The third-order valence-electron chi connectivity index (χ3n) is 3.95. The van der Waals surface area contributed by atoms with Gasteiger partial charge < -0.3 is 17.3 Å². The van der Waals surface area contributed by atoms with E-state index in [-0.39, 0.29) is 12.4 Å². The van der Waals surface area contributed by atoms with Gasteiger partial charge in [0, 0.05) is 24.7 Å². The Morgan fingerprint density at radius 3 is 2.28 bits per heavy atom. The number of rotatable bonds is 5. The molecule has 0 radical (unpaired) electrons. The van der Waals surface area contributed by atoms with E-state index in [1.54, 1.807) is 11.3 Å². The van der Waals surface area contributed by atoms with Crippen molar-refractivity contribution in [3.05, 3.63) is 71.2 Å². The zero-order valence-electron chi connectivity index (χ0n) is 14.6. The predicted molar refractivity (Wildman–Crippen MR) is 99.4 cm³/mol. The average Bonchev–Trinajstić information content (AvgIpc) is 2.93. The molecule has 0 aliphatic heterocycles. The van der Waals surface area contributed by atoms with E-state index in [1.807, 2.05) is 29.8 Å². The molecule has 0 N–H and O–H groups in total. The Labute approximate surface area is 158 Å². The molecule has 0 fully saturated rings. The SMILES string of the molecule is Cc1csc(N=Nc2ccc(N(C)Cc3ccccc3)cc2)[n+]1C.[Cl-]. The minimum absolute atomic E-state index is 0. The predicted octanol–water partition coefficient (Wildman–Crippen LogP) is 1.94. The first-order valence-corrected chi connectivity index (χ1v) is 8.72. The van der Waals surface area contributed by atoms with Crippen LogP contribution in [-0.4, -0.2) is 7.05 Å². The summed E-state index contributed by atoms with van der Waals surface area (Å²) in [6, 6.07) is 18.6. The Hall–Kier alpha value is -2.24. The van der Waals surface area contributed by atoms with Crippen LogP contribution >= 0.6 is 11.3 Å². The second-order valence-corrected chi connectivity index (χ2v) is 6.61. The lowest BCUT2D eigenvalue weighted by atomic mass is 10.2. The number of hydrogen-bond acceptors (Lipinski definition) is 4. The Kier molecular flexibility index (Phi) is 6.67. The fraction of sp³-hybridized carbons (Fsp3) is 0.211. The molecule has 6 heteroatoms. The third kappa shape index (κ3) is 4.87. The molecule has 0 aliphatic carbocycles. The fourth-order valence-electron chi connectivity index (χ4n) is 2.36. The lowest BCUT2D eigenvalue weighted by molar-refractivity contribution is -0.660. The van der Waals surface area contributed by atoms with Gasteiger partial charge in [0.1, 0.15) is 11.4 Å². The van der Waals surface area contributed by atoms with Crippen molar-refractivity contribution >= 4 is 27.8 Å². The number of halogens is 1. The number of azo groups is 1. The second-order valence-electron chi connectivity index (χ2n) is 5.78. The zero-order valence-corrected chi connectivity index (χ0v) is 16.1. The van der Waals surface area contributed by atoms with Crippen LogP contribution in [0.3, 0.4) is 0 Å². The van der Waals surface area contributed by atoms with Crippen molar-refractivity contribution in [1.82, 2.24) is 0 Å². The number of aryl methyl sites for hydroxylation is 1. The molecular weight excluding hydrogens is 352 g/mol. The molecule has 4 nitrogen and oxygen atoms in total. The lowest BCUT2D eigenvalue weighted by Crippen LogP contribution is -3.00. The number of thiazole rings is 1. The summed E-state index contributed by atoms with van der Waals surface area (Å²) in [4.78, 5) is 2.22. The fourth-order valence-corrected chi connectivity index (χ4v) is 3.18. The Balaban J connectivity index is 0.00000225. The molecule has 1 aromatic heterocycles. The van der Waals surface area contributed by atoms with Crippen molar-refractivity contribution in [1.29, 1.82) is 0 Å². The summed E-state index contributed by atoms with van der Waals surface area (Å²) in [5, 5.41) is 11.6. The van der Waals surface area contributed by atoms with Crippen molar-refractivity contribution in [2.24, 2.45) is 17.3 Å². The molecule has 0 spiro atoms. The molecule has 0 aliphatic rings. The number of hydrogen-bond donors (Lipinski definition) is 0. The highest BCUT2D eigenvalue weighted by molar-refractivity contribution is 7.12. The maximum atomic E-state index is 4.33. The van der Waals surface area contributed by atoms with E-state index < -0.39 is 0 Å². The number of anilines is 1. The van der Waals surface area contributed by atoms with Gasteiger partial charge in [-0.1, -0.05) is 30.3 Å². The number of nitrogens with zero attached hydrogens (tertiary/aromatic N) is 4. The van der Waals surface area contributed by atoms with Gasteiger partial charge >= 0.3 is 5.13 Å². The second kappa shape index (κ2) is 8.74. The van der Waals surface area contributed by atoms with Gasteiger partial charge in [-0.05, 0) is 53.2 Å². The normalized spacial score (nSPS) is 10.7. The molecule has 2 aromatic carbocycles. The first kappa shape index (κ1) is 19.1. The summed E-state index contributed by atoms with van der Waals surface area (Å²) in [7, 11) is 4.10. The van der Waals surface area contributed by atoms with Crippen LogP contribution in [0.5, 0.6) is 0 Å². The average molecular weight is 373 g/mol. The van der Waals surface area contributed by atoms with Crippen molar-refractivity contribution in [3.63, 3.8) is 0 Å². The van der Waals surface area contributed by atoms with Crippen molar-refractivity contribution in [2.75, 3.05) is 11.9 Å². The molecule has 1 heterocycles. The summed E-state index contributed by atoms with van der Waals surface area (Å²) >= 11 is 1.60. The van der Waals surface area contributed by atoms with Crippen LogP contribution in [0.15, 0.2) is 70.2 Å². The maximum Gasteiger partial charge on any atom is 0.408 e. The van der Waals surface area contributed by atoms with E-state index >= 15 is 0 Å². The van der Waals surface area contributed by atoms with E-state index in [0.29, 0.717) is 0 Å². The Bertz CT molecular complexity index is 828. The summed E-state index contributed by atoms with van der Waals surface area (Å²) in [5.74, 6) is 0. The topological polar surface area (TPSA) is 31.8 Å². The van der Waals surface area contributed by atoms with E-state index in [0.717, 1.165) is 23.1 Å². The highest BCUT2D eigenvalue weighted by atomic mass is 35.5. The van der Waals surface area contributed by atoms with Crippen molar-refractivity contribution in [3.8, 4) is 0 Å². The first-order valence-electron chi connectivity index (χ1n) is 7.84. The van der Waals surface area contributed by atoms with Gasteiger partial charge in [-0.15, -0.1) is 0 Å². The standard InChI is InChI=1S/C19H21N4S.ClH/c1-15-14-24-19(23(15)3)21-20-17-9-11-18(12-10-17)22(2)13-16-7-5-4-6-8-16;/h4-12,14H,13H2,1-3H3;1H/q+1;/p-1. The summed E-state index contributed by atoms with van der Waals surface area (Å²) in [5.41, 5.74) is 4.50. The Morgan fingerprint density at radius 1 is 1.00 bits per heavy atom. The van der Waals surface area contributed by atoms with Crippen LogP contribution in [0.2, 0.25) is 0 Å². The summed E-state index contributed by atoms with van der Waals surface area (Å²) in [6.07, 6.45) is 0. The molecule has 0 atom stereocenters. The molecule has 0 amide bonds. The maximum absolute atomic E-state index is 4.33. The van der Waals surface area contributed by atoms with Crippen LogP contribution in [0.1, 0.15) is 11.3 Å². The largest absolute Gasteiger partial charge is 1.00 e. The van der Waals surface area contributed by atoms with Crippen LogP contribution in [0, 0.1) is 6.92 Å². The monoisotopic (exact) mass is 372 g/mol. The molecule has 130 valence electrons. The molecule has 0 saturated heterocycles. The van der Waals surface area contributed by atoms with Gasteiger partial charge in [0.15, 0.2) is 0 Å². The molecule has 0 unspecified atom stereocenters. The first-order chi connectivity index (χ1) is 11.6. The molecule has 25 heavy (non-hydrogen) atoms. The Morgan fingerprint density at radius 2 is 1.68 bits per heavy atom. The van der Waals surface area contributed by atoms with Crippen molar-refractivity contribution in [2.45, 2.75) is 13.5 Å².